The van der Waals surface area contributed by atoms with Crippen molar-refractivity contribution < 1.29 is 14.3 Å². The minimum absolute atomic E-state index is 0.393. The van der Waals surface area contributed by atoms with Crippen LogP contribution < -0.4 is 5.32 Å². The topological polar surface area (TPSA) is 68.3 Å². The van der Waals surface area contributed by atoms with Crippen molar-refractivity contribution in [3.8, 4) is 22.4 Å². The third-order valence-electron chi connectivity index (χ3n) is 5.89. The van der Waals surface area contributed by atoms with E-state index in [-0.39, 0.29) is 0 Å². The molecule has 1 heterocycles. The van der Waals surface area contributed by atoms with E-state index < -0.39 is 24.4 Å². The number of hydrogen-bond donors (Lipinski definition) is 1. The average molecular weight is 505 g/mol. The number of amides is 1. The molecule has 0 aliphatic heterocycles. The summed E-state index contributed by atoms with van der Waals surface area (Å²) < 4.78 is 5.42. The summed E-state index contributed by atoms with van der Waals surface area (Å²) in [4.78, 5) is 30.1. The fraction of sp³-hybridized carbons (Fsp3) is 0.0645. The second kappa shape index (κ2) is 11.5. The predicted molar refractivity (Wildman–Crippen MR) is 147 cm³/mol. The summed E-state index contributed by atoms with van der Waals surface area (Å²) >= 11 is 1.32. The Morgan fingerprint density at radius 3 is 1.81 bits per heavy atom. The number of nitrogens with zero attached hydrogens (tertiary/aromatic N) is 1. The highest BCUT2D eigenvalue weighted by atomic mass is 32.1. The average Bonchev–Trinajstić information content (AvgIpc) is 3.42. The molecule has 5 nitrogen and oxygen atoms in total. The van der Waals surface area contributed by atoms with E-state index in [9.17, 15) is 9.59 Å². The molecule has 0 saturated heterocycles. The molecule has 0 unspecified atom stereocenters. The van der Waals surface area contributed by atoms with Crippen molar-refractivity contribution in [3.05, 3.63) is 132 Å². The number of thiazole rings is 1. The lowest BCUT2D eigenvalue weighted by molar-refractivity contribution is -0.147. The third-order valence-corrected chi connectivity index (χ3v) is 6.64. The monoisotopic (exact) mass is 504 g/mol. The highest BCUT2D eigenvalue weighted by Crippen LogP contribution is 2.28. The molecule has 1 amide bonds. The maximum absolute atomic E-state index is 13.0. The Balaban J connectivity index is 1.21. The van der Waals surface area contributed by atoms with Gasteiger partial charge in [0.1, 0.15) is 5.92 Å². The van der Waals surface area contributed by atoms with Crippen LogP contribution in [0.2, 0.25) is 0 Å². The van der Waals surface area contributed by atoms with Crippen LogP contribution in [0.5, 0.6) is 0 Å². The van der Waals surface area contributed by atoms with E-state index in [4.69, 9.17) is 4.74 Å². The number of carbonyl (C=O) groups is 2. The summed E-state index contributed by atoms with van der Waals surface area (Å²) in [7, 11) is 0. The van der Waals surface area contributed by atoms with Crippen LogP contribution >= 0.6 is 11.3 Å². The smallest absolute Gasteiger partial charge is 0.318 e. The summed E-state index contributed by atoms with van der Waals surface area (Å²) in [5.41, 5.74) is 5.61. The predicted octanol–water partition coefficient (Wildman–Crippen LogP) is 6.79. The standard InChI is InChI=1S/C31H24N2O3S/c34-28(20-36-30(35)29(25-12-6-2-7-13-25)26-14-8-3-9-15-26)33-31-32-27(21-37-31)24-18-16-23(17-19-24)22-10-4-1-5-11-22/h1-19,21,29H,20H2,(H,32,33,34). The summed E-state index contributed by atoms with van der Waals surface area (Å²) in [5, 5.41) is 5.07. The van der Waals surface area contributed by atoms with E-state index >= 15 is 0 Å². The number of nitrogens with one attached hydrogen (secondary N) is 1. The molecule has 0 fully saturated rings. The van der Waals surface area contributed by atoms with Crippen LogP contribution in [0.1, 0.15) is 17.0 Å². The summed E-state index contributed by atoms with van der Waals surface area (Å²) in [6, 6.07) is 37.1. The molecule has 0 aliphatic carbocycles. The number of anilines is 1. The number of ether oxygens (including phenoxy) is 1. The highest BCUT2D eigenvalue weighted by Gasteiger charge is 2.25. The Bertz CT molecular complexity index is 1430. The number of rotatable bonds is 8. The SMILES string of the molecule is O=C(COC(=O)C(c1ccccc1)c1ccccc1)Nc1nc(-c2ccc(-c3ccccc3)cc2)cs1. The van der Waals surface area contributed by atoms with Crippen molar-refractivity contribution in [1.82, 2.24) is 4.98 Å². The maximum Gasteiger partial charge on any atom is 0.318 e. The van der Waals surface area contributed by atoms with E-state index in [1.165, 1.54) is 11.3 Å². The van der Waals surface area contributed by atoms with Crippen molar-refractivity contribution in [3.63, 3.8) is 0 Å². The molecule has 0 atom stereocenters. The Hall–Kier alpha value is -4.55. The van der Waals surface area contributed by atoms with Gasteiger partial charge < -0.3 is 4.74 Å². The van der Waals surface area contributed by atoms with Crippen LogP contribution in [0.4, 0.5) is 5.13 Å². The molecular weight excluding hydrogens is 480 g/mol. The molecule has 0 spiro atoms. The van der Waals surface area contributed by atoms with Crippen LogP contribution in [-0.2, 0) is 14.3 Å². The second-order valence-corrected chi connectivity index (χ2v) is 9.25. The Morgan fingerprint density at radius 2 is 1.22 bits per heavy atom. The molecule has 5 aromatic rings. The van der Waals surface area contributed by atoms with E-state index in [1.54, 1.807) is 0 Å². The van der Waals surface area contributed by atoms with Gasteiger partial charge in [-0.25, -0.2) is 4.98 Å². The van der Waals surface area contributed by atoms with Crippen LogP contribution in [0.25, 0.3) is 22.4 Å². The van der Waals surface area contributed by atoms with Gasteiger partial charge in [-0.3, -0.25) is 14.9 Å². The molecule has 37 heavy (non-hydrogen) atoms. The van der Waals surface area contributed by atoms with Crippen LogP contribution in [0.15, 0.2) is 121 Å². The summed E-state index contributed by atoms with van der Waals surface area (Å²) in [6.07, 6.45) is 0. The van der Waals surface area contributed by atoms with E-state index in [0.29, 0.717) is 5.13 Å². The van der Waals surface area contributed by atoms with Gasteiger partial charge in [0.25, 0.3) is 5.91 Å². The number of hydrogen-bond acceptors (Lipinski definition) is 5. The van der Waals surface area contributed by atoms with Crippen molar-refractivity contribution in [2.24, 2.45) is 0 Å². The van der Waals surface area contributed by atoms with E-state index in [1.807, 2.05) is 96.4 Å². The molecule has 0 aliphatic rings. The largest absolute Gasteiger partial charge is 0.455 e. The van der Waals surface area contributed by atoms with Gasteiger partial charge in [0.05, 0.1) is 5.69 Å². The first kappa shape index (κ1) is 24.2. The molecule has 1 aromatic heterocycles. The lowest BCUT2D eigenvalue weighted by atomic mass is 9.91. The first-order chi connectivity index (χ1) is 18.2. The van der Waals surface area contributed by atoms with Crippen LogP contribution in [-0.4, -0.2) is 23.5 Å². The molecule has 182 valence electrons. The molecule has 0 bridgehead atoms. The summed E-state index contributed by atoms with van der Waals surface area (Å²) in [6.45, 7) is -0.393. The normalized spacial score (nSPS) is 10.7. The molecule has 0 radical (unpaired) electrons. The number of carbonyl (C=O) groups excluding carboxylic acids is 2. The highest BCUT2D eigenvalue weighted by molar-refractivity contribution is 7.14. The van der Waals surface area contributed by atoms with Gasteiger partial charge in [-0.05, 0) is 22.3 Å². The van der Waals surface area contributed by atoms with Gasteiger partial charge in [-0.2, -0.15) is 0 Å². The second-order valence-electron chi connectivity index (χ2n) is 8.39. The van der Waals surface area contributed by atoms with Gasteiger partial charge in [0.15, 0.2) is 11.7 Å². The Labute approximate surface area is 219 Å². The first-order valence-electron chi connectivity index (χ1n) is 11.8. The Morgan fingerprint density at radius 1 is 0.703 bits per heavy atom. The zero-order valence-electron chi connectivity index (χ0n) is 19.9. The quantitative estimate of drug-likeness (QED) is 0.236. The minimum Gasteiger partial charge on any atom is -0.455 e. The van der Waals surface area contributed by atoms with Crippen molar-refractivity contribution in [1.29, 1.82) is 0 Å². The van der Waals surface area contributed by atoms with Crippen molar-refractivity contribution in [2.75, 3.05) is 11.9 Å². The van der Waals surface area contributed by atoms with Crippen molar-refractivity contribution in [2.45, 2.75) is 5.92 Å². The first-order valence-corrected chi connectivity index (χ1v) is 12.7. The van der Waals surface area contributed by atoms with Gasteiger partial charge in [0, 0.05) is 10.9 Å². The fourth-order valence-electron chi connectivity index (χ4n) is 4.06. The molecule has 4 aromatic carbocycles. The minimum atomic E-state index is -0.611. The van der Waals surface area contributed by atoms with E-state index in [0.717, 1.165) is 33.5 Å². The maximum atomic E-state index is 13.0. The van der Waals surface area contributed by atoms with Gasteiger partial charge >= 0.3 is 5.97 Å². The molecule has 5 rings (SSSR count). The molecule has 1 N–H and O–H groups in total. The number of aromatic nitrogens is 1. The van der Waals surface area contributed by atoms with Gasteiger partial charge in [0.2, 0.25) is 0 Å². The Kier molecular flexibility index (Phi) is 7.48. The zero-order valence-corrected chi connectivity index (χ0v) is 20.7. The number of benzene rings is 4. The van der Waals surface area contributed by atoms with Gasteiger partial charge in [-0.1, -0.05) is 115 Å². The van der Waals surface area contributed by atoms with Crippen molar-refractivity contribution >= 4 is 28.3 Å². The molecular formula is C31H24N2O3S. The molecule has 0 saturated carbocycles. The lowest BCUT2D eigenvalue weighted by Gasteiger charge is -2.16. The lowest BCUT2D eigenvalue weighted by Crippen LogP contribution is -2.24. The van der Waals surface area contributed by atoms with Crippen LogP contribution in [0.3, 0.4) is 0 Å². The van der Waals surface area contributed by atoms with E-state index in [2.05, 4.69) is 34.6 Å². The molecule has 6 heteroatoms. The third kappa shape index (κ3) is 6.00. The van der Waals surface area contributed by atoms with Crippen LogP contribution in [0, 0.1) is 0 Å². The number of esters is 1. The summed E-state index contributed by atoms with van der Waals surface area (Å²) in [5.74, 6) is -1.53. The zero-order chi connectivity index (χ0) is 25.5. The fourth-order valence-corrected chi connectivity index (χ4v) is 4.79. The van der Waals surface area contributed by atoms with Gasteiger partial charge in [-0.15, -0.1) is 11.3 Å².